The second-order valence-electron chi connectivity index (χ2n) is 5.93. The van der Waals surface area contributed by atoms with E-state index >= 15 is 0 Å². The molecule has 0 bridgehead atoms. The van der Waals surface area contributed by atoms with Gasteiger partial charge in [-0.05, 0) is 31.2 Å². The van der Waals surface area contributed by atoms with Crippen LogP contribution in [0.25, 0.3) is 11.4 Å². The van der Waals surface area contributed by atoms with Crippen LogP contribution in [0.15, 0.2) is 47.0 Å². The number of hydrogen-bond donors (Lipinski definition) is 2. The highest BCUT2D eigenvalue weighted by Crippen LogP contribution is 2.20. The molecule has 2 N–H and O–H groups in total. The molecule has 7 nitrogen and oxygen atoms in total. The van der Waals surface area contributed by atoms with Gasteiger partial charge in [-0.1, -0.05) is 52.1 Å². The highest BCUT2D eigenvalue weighted by molar-refractivity contribution is 6.35. The lowest BCUT2D eigenvalue weighted by atomic mass is 10.1. The third-order valence-corrected chi connectivity index (χ3v) is 4.33. The largest absolute Gasteiger partial charge is 0.350 e. The Bertz CT molecular complexity index is 1020. The summed E-state index contributed by atoms with van der Waals surface area (Å²) >= 11 is 11.8. The Labute approximate surface area is 171 Å². The number of carbonyl (C=O) groups excluding carboxylic acids is 2. The van der Waals surface area contributed by atoms with Gasteiger partial charge in [0.15, 0.2) is 0 Å². The quantitative estimate of drug-likeness (QED) is 0.596. The first-order chi connectivity index (χ1) is 13.4. The second kappa shape index (κ2) is 8.86. The summed E-state index contributed by atoms with van der Waals surface area (Å²) in [5.41, 5.74) is 2.07. The topological polar surface area (TPSA) is 97.1 Å². The summed E-state index contributed by atoms with van der Waals surface area (Å²) in [6.07, 6.45) is 0. The number of halogens is 2. The molecule has 0 fully saturated rings. The Morgan fingerprint density at radius 2 is 1.79 bits per heavy atom. The number of amides is 2. The molecule has 0 radical (unpaired) electrons. The van der Waals surface area contributed by atoms with Crippen LogP contribution in [0.2, 0.25) is 10.0 Å². The van der Waals surface area contributed by atoms with Crippen molar-refractivity contribution in [3.05, 3.63) is 69.5 Å². The number of nitrogens with zero attached hydrogens (tertiary/aromatic N) is 2. The SMILES string of the molecule is Cc1cccc(-c2noc(C(=O)NCCNC(=O)c3cc(Cl)ccc3Cl)n2)c1. The number of carbonyl (C=O) groups is 2. The first-order valence-electron chi connectivity index (χ1n) is 8.36. The fourth-order valence-corrected chi connectivity index (χ4v) is 2.79. The zero-order valence-corrected chi connectivity index (χ0v) is 16.3. The maximum atomic E-state index is 12.1. The maximum Gasteiger partial charge on any atom is 0.316 e. The average Bonchev–Trinajstić information content (AvgIpc) is 3.17. The fourth-order valence-electron chi connectivity index (χ4n) is 2.41. The Morgan fingerprint density at radius 3 is 2.54 bits per heavy atom. The fraction of sp³-hybridized carbons (Fsp3) is 0.158. The van der Waals surface area contributed by atoms with Gasteiger partial charge in [0.05, 0.1) is 10.6 Å². The van der Waals surface area contributed by atoms with Crippen molar-refractivity contribution < 1.29 is 14.1 Å². The van der Waals surface area contributed by atoms with Crippen LogP contribution in [0.4, 0.5) is 0 Å². The van der Waals surface area contributed by atoms with Crippen molar-refractivity contribution in [3.63, 3.8) is 0 Å². The van der Waals surface area contributed by atoms with Gasteiger partial charge in [-0.25, -0.2) is 0 Å². The maximum absolute atomic E-state index is 12.1. The monoisotopic (exact) mass is 418 g/mol. The van der Waals surface area contributed by atoms with Gasteiger partial charge in [0.1, 0.15) is 0 Å². The molecule has 28 heavy (non-hydrogen) atoms. The lowest BCUT2D eigenvalue weighted by Gasteiger charge is -2.07. The van der Waals surface area contributed by atoms with Crippen LogP contribution in [0.3, 0.4) is 0 Å². The Hall–Kier alpha value is -2.90. The molecule has 3 aromatic rings. The number of benzene rings is 2. The average molecular weight is 419 g/mol. The molecule has 0 aliphatic rings. The van der Waals surface area contributed by atoms with Gasteiger partial charge in [0, 0.05) is 23.7 Å². The van der Waals surface area contributed by atoms with E-state index < -0.39 is 5.91 Å². The first-order valence-corrected chi connectivity index (χ1v) is 9.12. The lowest BCUT2D eigenvalue weighted by Crippen LogP contribution is -2.34. The zero-order valence-electron chi connectivity index (χ0n) is 14.8. The van der Waals surface area contributed by atoms with Crippen LogP contribution in [0.5, 0.6) is 0 Å². The van der Waals surface area contributed by atoms with Gasteiger partial charge in [-0.2, -0.15) is 4.98 Å². The highest BCUT2D eigenvalue weighted by Gasteiger charge is 2.16. The molecule has 0 atom stereocenters. The number of aromatic nitrogens is 2. The van der Waals surface area contributed by atoms with Gasteiger partial charge in [-0.15, -0.1) is 0 Å². The predicted molar refractivity (Wildman–Crippen MR) is 106 cm³/mol. The van der Waals surface area contributed by atoms with Crippen molar-refractivity contribution in [3.8, 4) is 11.4 Å². The lowest BCUT2D eigenvalue weighted by molar-refractivity contribution is 0.0898. The van der Waals surface area contributed by atoms with Crippen molar-refractivity contribution in [1.82, 2.24) is 20.8 Å². The smallest absolute Gasteiger partial charge is 0.316 e. The standard InChI is InChI=1S/C19H16Cl2N4O3/c1-11-3-2-4-12(9-11)16-24-19(28-25-16)18(27)23-8-7-22-17(26)14-10-13(20)5-6-15(14)21/h2-6,9-10H,7-8H2,1H3,(H,22,26)(H,23,27). The molecule has 2 amide bonds. The van der Waals surface area contributed by atoms with E-state index in [-0.39, 0.29) is 30.5 Å². The zero-order chi connectivity index (χ0) is 20.1. The predicted octanol–water partition coefficient (Wildman–Crippen LogP) is 3.51. The Kier molecular flexibility index (Phi) is 6.28. The van der Waals surface area contributed by atoms with Crippen molar-refractivity contribution >= 4 is 35.0 Å². The molecule has 2 aromatic carbocycles. The summed E-state index contributed by atoms with van der Waals surface area (Å²) in [6, 6.07) is 12.2. The molecule has 0 unspecified atom stereocenters. The summed E-state index contributed by atoms with van der Waals surface area (Å²) in [4.78, 5) is 28.3. The summed E-state index contributed by atoms with van der Waals surface area (Å²) < 4.78 is 5.00. The number of nitrogens with one attached hydrogen (secondary N) is 2. The molecule has 0 spiro atoms. The summed E-state index contributed by atoms with van der Waals surface area (Å²) in [5.74, 6) is -0.735. The van der Waals surface area contributed by atoms with Crippen molar-refractivity contribution in [1.29, 1.82) is 0 Å². The van der Waals surface area contributed by atoms with E-state index in [9.17, 15) is 9.59 Å². The van der Waals surface area contributed by atoms with E-state index in [4.69, 9.17) is 27.7 Å². The molecule has 1 aromatic heterocycles. The molecule has 0 saturated heterocycles. The summed E-state index contributed by atoms with van der Waals surface area (Å²) in [7, 11) is 0. The van der Waals surface area contributed by atoms with Crippen LogP contribution in [-0.4, -0.2) is 35.0 Å². The van der Waals surface area contributed by atoms with E-state index in [1.165, 1.54) is 6.07 Å². The summed E-state index contributed by atoms with van der Waals surface area (Å²) in [5, 5.41) is 9.76. The van der Waals surface area contributed by atoms with E-state index in [0.717, 1.165) is 11.1 Å². The molecular weight excluding hydrogens is 403 g/mol. The van der Waals surface area contributed by atoms with Gasteiger partial charge in [0.25, 0.3) is 5.91 Å². The second-order valence-corrected chi connectivity index (χ2v) is 6.77. The molecule has 1 heterocycles. The van der Waals surface area contributed by atoms with Crippen molar-refractivity contribution in [2.24, 2.45) is 0 Å². The van der Waals surface area contributed by atoms with Crippen molar-refractivity contribution in [2.75, 3.05) is 13.1 Å². The van der Waals surface area contributed by atoms with Crippen LogP contribution in [0, 0.1) is 6.92 Å². The van der Waals surface area contributed by atoms with E-state index in [2.05, 4.69) is 20.8 Å². The number of hydrogen-bond acceptors (Lipinski definition) is 5. The van der Waals surface area contributed by atoms with Crippen LogP contribution in [-0.2, 0) is 0 Å². The molecule has 144 valence electrons. The molecule has 9 heteroatoms. The molecule has 0 aliphatic carbocycles. The molecule has 3 rings (SSSR count). The first kappa shape index (κ1) is 19.9. The normalized spacial score (nSPS) is 10.5. The van der Waals surface area contributed by atoms with E-state index in [0.29, 0.717) is 15.9 Å². The molecule has 0 saturated carbocycles. The van der Waals surface area contributed by atoms with Crippen LogP contribution >= 0.6 is 23.2 Å². The van der Waals surface area contributed by atoms with Gasteiger partial charge in [0.2, 0.25) is 5.82 Å². The molecular formula is C19H16Cl2N4O3. The van der Waals surface area contributed by atoms with Crippen LogP contribution < -0.4 is 10.6 Å². The third-order valence-electron chi connectivity index (χ3n) is 3.77. The minimum Gasteiger partial charge on any atom is -0.350 e. The number of rotatable bonds is 6. The molecule has 0 aliphatic heterocycles. The summed E-state index contributed by atoms with van der Waals surface area (Å²) in [6.45, 7) is 2.30. The van der Waals surface area contributed by atoms with E-state index in [1.807, 2.05) is 31.2 Å². The minimum absolute atomic E-state index is 0.152. The Morgan fingerprint density at radius 1 is 1.04 bits per heavy atom. The van der Waals surface area contributed by atoms with Crippen LogP contribution in [0.1, 0.15) is 26.6 Å². The number of aryl methyl sites for hydroxylation is 1. The van der Waals surface area contributed by atoms with E-state index in [1.54, 1.807) is 12.1 Å². The third kappa shape index (κ3) is 4.88. The van der Waals surface area contributed by atoms with Crippen molar-refractivity contribution in [2.45, 2.75) is 6.92 Å². The Balaban J connectivity index is 1.51. The van der Waals surface area contributed by atoms with Gasteiger partial charge >= 0.3 is 11.8 Å². The highest BCUT2D eigenvalue weighted by atomic mass is 35.5. The van der Waals surface area contributed by atoms with Gasteiger partial charge < -0.3 is 15.2 Å². The minimum atomic E-state index is -0.526. The van der Waals surface area contributed by atoms with Gasteiger partial charge in [-0.3, -0.25) is 9.59 Å².